The summed E-state index contributed by atoms with van der Waals surface area (Å²) in [7, 11) is 1.89. The summed E-state index contributed by atoms with van der Waals surface area (Å²) in [5.41, 5.74) is 1.44. The van der Waals surface area contributed by atoms with E-state index >= 15 is 0 Å². The van der Waals surface area contributed by atoms with E-state index < -0.39 is 0 Å². The first kappa shape index (κ1) is 12.4. The van der Waals surface area contributed by atoms with Gasteiger partial charge in [-0.25, -0.2) is 9.97 Å². The molecule has 2 aromatic rings. The molecule has 4 nitrogen and oxygen atoms in total. The van der Waals surface area contributed by atoms with Crippen LogP contribution in [-0.2, 0) is 6.42 Å². The van der Waals surface area contributed by atoms with Gasteiger partial charge < -0.3 is 10.2 Å². The van der Waals surface area contributed by atoms with Crippen LogP contribution < -0.4 is 10.2 Å². The lowest BCUT2D eigenvalue weighted by Gasteiger charge is -2.34. The van der Waals surface area contributed by atoms with Crippen LogP contribution in [0.3, 0.4) is 0 Å². The summed E-state index contributed by atoms with van der Waals surface area (Å²) in [4.78, 5) is 12.8. The van der Waals surface area contributed by atoms with Crippen LogP contribution in [0.5, 0.6) is 0 Å². The molecule has 1 atom stereocenters. The SMILES string of the molecule is CNc1cc(N2CCc3sccc3C2C)nc(C)n1. The third-order valence-corrected chi connectivity index (χ3v) is 4.65. The van der Waals surface area contributed by atoms with Crippen molar-refractivity contribution in [2.75, 3.05) is 23.8 Å². The van der Waals surface area contributed by atoms with Crippen molar-refractivity contribution in [1.82, 2.24) is 9.97 Å². The number of nitrogens with one attached hydrogen (secondary N) is 1. The fraction of sp³-hybridized carbons (Fsp3) is 0.429. The van der Waals surface area contributed by atoms with Crippen molar-refractivity contribution >= 4 is 23.0 Å². The monoisotopic (exact) mass is 274 g/mol. The second kappa shape index (κ2) is 4.81. The summed E-state index contributed by atoms with van der Waals surface area (Å²) in [5, 5.41) is 5.29. The van der Waals surface area contributed by atoms with E-state index in [0.29, 0.717) is 6.04 Å². The van der Waals surface area contributed by atoms with Gasteiger partial charge in [0.15, 0.2) is 0 Å². The first-order chi connectivity index (χ1) is 9.19. The Morgan fingerprint density at radius 3 is 3.05 bits per heavy atom. The molecule has 0 aliphatic carbocycles. The molecule has 0 saturated heterocycles. The average Bonchev–Trinajstić information content (AvgIpc) is 2.87. The largest absolute Gasteiger partial charge is 0.373 e. The second-order valence-corrected chi connectivity index (χ2v) is 5.83. The average molecular weight is 274 g/mol. The number of hydrogen-bond acceptors (Lipinski definition) is 5. The fourth-order valence-corrected chi connectivity index (χ4v) is 3.61. The van der Waals surface area contributed by atoms with Crippen LogP contribution in [-0.4, -0.2) is 23.6 Å². The van der Waals surface area contributed by atoms with Crippen LogP contribution in [0.25, 0.3) is 0 Å². The molecule has 0 aromatic carbocycles. The van der Waals surface area contributed by atoms with Crippen molar-refractivity contribution in [1.29, 1.82) is 0 Å². The van der Waals surface area contributed by atoms with Crippen molar-refractivity contribution < 1.29 is 0 Å². The summed E-state index contributed by atoms with van der Waals surface area (Å²) in [6.07, 6.45) is 1.11. The Morgan fingerprint density at radius 2 is 2.26 bits per heavy atom. The third-order valence-electron chi connectivity index (χ3n) is 3.65. The summed E-state index contributed by atoms with van der Waals surface area (Å²) < 4.78 is 0. The van der Waals surface area contributed by atoms with Crippen molar-refractivity contribution in [3.63, 3.8) is 0 Å². The van der Waals surface area contributed by atoms with Crippen LogP contribution in [0, 0.1) is 6.92 Å². The second-order valence-electron chi connectivity index (χ2n) is 4.83. The van der Waals surface area contributed by atoms with Gasteiger partial charge in [0.1, 0.15) is 17.5 Å². The molecule has 3 rings (SSSR count). The normalized spacial score (nSPS) is 18.3. The van der Waals surface area contributed by atoms with E-state index in [2.05, 4.69) is 38.6 Å². The fourth-order valence-electron chi connectivity index (χ4n) is 2.65. The third kappa shape index (κ3) is 2.18. The Balaban J connectivity index is 1.97. The topological polar surface area (TPSA) is 41.0 Å². The maximum atomic E-state index is 4.59. The zero-order valence-corrected chi connectivity index (χ0v) is 12.3. The molecule has 2 aromatic heterocycles. The van der Waals surface area contributed by atoms with Gasteiger partial charge in [0.2, 0.25) is 0 Å². The molecule has 0 spiro atoms. The molecule has 19 heavy (non-hydrogen) atoms. The van der Waals surface area contributed by atoms with Crippen molar-refractivity contribution in [3.8, 4) is 0 Å². The number of aromatic nitrogens is 2. The zero-order valence-electron chi connectivity index (χ0n) is 11.5. The lowest BCUT2D eigenvalue weighted by molar-refractivity contribution is 0.623. The van der Waals surface area contributed by atoms with Crippen molar-refractivity contribution in [3.05, 3.63) is 33.8 Å². The molecule has 0 radical (unpaired) electrons. The number of fused-ring (bicyclic) bond motifs is 1. The highest BCUT2D eigenvalue weighted by atomic mass is 32.1. The number of rotatable bonds is 2. The van der Waals surface area contributed by atoms with Crippen LogP contribution in [0.4, 0.5) is 11.6 Å². The lowest BCUT2D eigenvalue weighted by Crippen LogP contribution is -2.34. The first-order valence-corrected chi connectivity index (χ1v) is 7.43. The molecule has 100 valence electrons. The Morgan fingerprint density at radius 1 is 1.42 bits per heavy atom. The van der Waals surface area contributed by atoms with Gasteiger partial charge in [-0.3, -0.25) is 0 Å². The highest BCUT2D eigenvalue weighted by Crippen LogP contribution is 2.35. The molecule has 3 heterocycles. The number of anilines is 2. The summed E-state index contributed by atoms with van der Waals surface area (Å²) >= 11 is 1.87. The van der Waals surface area contributed by atoms with E-state index in [-0.39, 0.29) is 0 Å². The van der Waals surface area contributed by atoms with Crippen LogP contribution in [0.2, 0.25) is 0 Å². The Kier molecular flexibility index (Phi) is 3.14. The Hall–Kier alpha value is -1.62. The van der Waals surface area contributed by atoms with Gasteiger partial charge in [-0.15, -0.1) is 11.3 Å². The molecule has 5 heteroatoms. The molecule has 0 amide bonds. The minimum Gasteiger partial charge on any atom is -0.373 e. The van der Waals surface area contributed by atoms with E-state index in [9.17, 15) is 0 Å². The highest BCUT2D eigenvalue weighted by Gasteiger charge is 2.26. The Bertz CT molecular complexity index is 593. The van der Waals surface area contributed by atoms with E-state index in [1.54, 1.807) is 0 Å². The summed E-state index contributed by atoms with van der Waals surface area (Å²) in [5.74, 6) is 2.71. The van der Waals surface area contributed by atoms with E-state index in [1.165, 1.54) is 10.4 Å². The molecule has 1 unspecified atom stereocenters. The van der Waals surface area contributed by atoms with Gasteiger partial charge in [-0.1, -0.05) is 0 Å². The van der Waals surface area contributed by atoms with Gasteiger partial charge in [0.05, 0.1) is 6.04 Å². The Labute approximate surface area is 117 Å². The minimum absolute atomic E-state index is 0.383. The number of thiophene rings is 1. The molecule has 0 fully saturated rings. The first-order valence-electron chi connectivity index (χ1n) is 6.55. The predicted molar refractivity (Wildman–Crippen MR) is 80.1 cm³/mol. The van der Waals surface area contributed by atoms with Gasteiger partial charge >= 0.3 is 0 Å². The zero-order chi connectivity index (χ0) is 13.4. The van der Waals surface area contributed by atoms with Crippen molar-refractivity contribution in [2.45, 2.75) is 26.3 Å². The lowest BCUT2D eigenvalue weighted by atomic mass is 10.0. The van der Waals surface area contributed by atoms with Crippen molar-refractivity contribution in [2.24, 2.45) is 0 Å². The van der Waals surface area contributed by atoms with E-state index in [0.717, 1.165) is 30.4 Å². The quantitative estimate of drug-likeness (QED) is 0.914. The molecular formula is C14H18N4S. The molecule has 0 saturated carbocycles. The number of aryl methyl sites for hydroxylation is 1. The molecule has 1 aliphatic heterocycles. The minimum atomic E-state index is 0.383. The van der Waals surface area contributed by atoms with Crippen LogP contribution in [0.15, 0.2) is 17.5 Å². The smallest absolute Gasteiger partial charge is 0.134 e. The van der Waals surface area contributed by atoms with E-state index in [4.69, 9.17) is 0 Å². The summed E-state index contributed by atoms with van der Waals surface area (Å²) in [6, 6.07) is 4.65. The number of nitrogens with zero attached hydrogens (tertiary/aromatic N) is 3. The number of hydrogen-bond donors (Lipinski definition) is 1. The maximum Gasteiger partial charge on any atom is 0.134 e. The van der Waals surface area contributed by atoms with Gasteiger partial charge in [0, 0.05) is 24.5 Å². The van der Waals surface area contributed by atoms with Gasteiger partial charge in [-0.2, -0.15) is 0 Å². The standard InChI is InChI=1S/C14H18N4S/c1-9-11-5-7-19-12(11)4-6-18(9)14-8-13(15-3)16-10(2)17-14/h5,7-9H,4,6H2,1-3H3,(H,15,16,17). The van der Waals surface area contributed by atoms with Gasteiger partial charge in [-0.05, 0) is 37.3 Å². The van der Waals surface area contributed by atoms with Crippen LogP contribution >= 0.6 is 11.3 Å². The molecular weight excluding hydrogens is 256 g/mol. The van der Waals surface area contributed by atoms with Crippen LogP contribution in [0.1, 0.15) is 29.2 Å². The summed E-state index contributed by atoms with van der Waals surface area (Å²) in [6.45, 7) is 5.21. The maximum absolute atomic E-state index is 4.59. The van der Waals surface area contributed by atoms with Gasteiger partial charge in [0.25, 0.3) is 0 Å². The van der Waals surface area contributed by atoms with E-state index in [1.807, 2.05) is 31.4 Å². The molecule has 1 aliphatic rings. The molecule has 1 N–H and O–H groups in total. The predicted octanol–water partition coefficient (Wildman–Crippen LogP) is 3.01. The highest BCUT2D eigenvalue weighted by molar-refractivity contribution is 7.10. The molecule has 0 bridgehead atoms.